The van der Waals surface area contributed by atoms with Gasteiger partial charge in [-0.15, -0.1) is 0 Å². The van der Waals surface area contributed by atoms with E-state index in [4.69, 9.17) is 28.9 Å². The summed E-state index contributed by atoms with van der Waals surface area (Å²) in [5.74, 6) is -0.991. The Labute approximate surface area is 157 Å². The molecule has 2 aromatic rings. The molecule has 0 atom stereocenters. The minimum Gasteiger partial charge on any atom is -1.00 e. The first kappa shape index (κ1) is 16.2. The van der Waals surface area contributed by atoms with Crippen molar-refractivity contribution in [2.24, 2.45) is 0 Å². The molecular formula is C11H8Cl2FKN2O. The standard InChI is InChI=1S/C11H7Cl2FN2O.K.H/c12-7-9(15)8(13)11(14)16-10(7)5-3-1-2-4-6(5)17;;/h1-4,17H,(H2,15,16);;/q;+1;-1. The molecule has 90 valence electrons. The Balaban J connectivity index is 0.00000162. The van der Waals surface area contributed by atoms with Gasteiger partial charge in [0.25, 0.3) is 0 Å². The molecular weight excluding hydrogens is 305 g/mol. The van der Waals surface area contributed by atoms with Gasteiger partial charge >= 0.3 is 51.4 Å². The zero-order valence-corrected chi connectivity index (χ0v) is 14.1. The van der Waals surface area contributed by atoms with Gasteiger partial charge in [-0.2, -0.15) is 4.39 Å². The molecule has 1 heterocycles. The number of anilines is 1. The number of pyridine rings is 1. The second kappa shape index (κ2) is 6.52. The first-order valence-corrected chi connectivity index (χ1v) is 5.36. The fraction of sp³-hybridized carbons (Fsp3) is 0. The molecule has 0 radical (unpaired) electrons. The number of hydrogen-bond donors (Lipinski definition) is 2. The fourth-order valence-electron chi connectivity index (χ4n) is 1.38. The first-order valence-electron chi connectivity index (χ1n) is 4.60. The second-order valence-electron chi connectivity index (χ2n) is 3.31. The molecule has 18 heavy (non-hydrogen) atoms. The van der Waals surface area contributed by atoms with Crippen molar-refractivity contribution < 1.29 is 62.3 Å². The molecule has 0 aliphatic heterocycles. The number of nitrogens with two attached hydrogens (primary N) is 1. The molecule has 7 heteroatoms. The van der Waals surface area contributed by atoms with E-state index in [9.17, 15) is 9.50 Å². The Bertz CT molecular complexity index is 601. The third-order valence-corrected chi connectivity index (χ3v) is 2.97. The number of aromatic hydroxyl groups is 1. The molecule has 3 N–H and O–H groups in total. The zero-order valence-electron chi connectivity index (χ0n) is 10.4. The third kappa shape index (κ3) is 2.99. The van der Waals surface area contributed by atoms with Crippen LogP contribution in [0.3, 0.4) is 0 Å². The van der Waals surface area contributed by atoms with E-state index in [0.717, 1.165) is 0 Å². The second-order valence-corrected chi connectivity index (χ2v) is 4.07. The van der Waals surface area contributed by atoms with Crippen LogP contribution in [0.1, 0.15) is 1.43 Å². The molecule has 0 unspecified atom stereocenters. The number of phenols is 1. The van der Waals surface area contributed by atoms with Gasteiger partial charge in [-0.25, -0.2) is 4.98 Å². The van der Waals surface area contributed by atoms with Gasteiger partial charge < -0.3 is 12.3 Å². The van der Waals surface area contributed by atoms with Crippen molar-refractivity contribution in [3.63, 3.8) is 0 Å². The fourth-order valence-corrected chi connectivity index (χ4v) is 1.81. The van der Waals surface area contributed by atoms with E-state index in [1.54, 1.807) is 18.2 Å². The predicted molar refractivity (Wildman–Crippen MR) is 66.8 cm³/mol. The summed E-state index contributed by atoms with van der Waals surface area (Å²) in [6, 6.07) is 6.28. The van der Waals surface area contributed by atoms with Crippen molar-refractivity contribution >= 4 is 28.9 Å². The topological polar surface area (TPSA) is 59.1 Å². The van der Waals surface area contributed by atoms with Crippen molar-refractivity contribution in [1.29, 1.82) is 0 Å². The van der Waals surface area contributed by atoms with Gasteiger partial charge in [0, 0.05) is 5.56 Å². The summed E-state index contributed by atoms with van der Waals surface area (Å²) in [4.78, 5) is 3.59. The Morgan fingerprint density at radius 3 is 2.44 bits per heavy atom. The number of phenolic OH excluding ortho intramolecular Hbond substituents is 1. The van der Waals surface area contributed by atoms with Crippen molar-refractivity contribution in [3.8, 4) is 17.0 Å². The van der Waals surface area contributed by atoms with E-state index in [2.05, 4.69) is 4.98 Å². The van der Waals surface area contributed by atoms with Crippen molar-refractivity contribution in [1.82, 2.24) is 4.98 Å². The molecule has 0 aliphatic carbocycles. The largest absolute Gasteiger partial charge is 1.00 e. The quantitative estimate of drug-likeness (QED) is 0.599. The van der Waals surface area contributed by atoms with Crippen LogP contribution >= 0.6 is 23.2 Å². The summed E-state index contributed by atoms with van der Waals surface area (Å²) >= 11 is 11.5. The van der Waals surface area contributed by atoms with Gasteiger partial charge in [-0.1, -0.05) is 35.3 Å². The predicted octanol–water partition coefficient (Wildman–Crippen LogP) is 0.599. The zero-order chi connectivity index (χ0) is 12.6. The Morgan fingerprint density at radius 2 is 1.83 bits per heavy atom. The van der Waals surface area contributed by atoms with E-state index < -0.39 is 5.95 Å². The molecule has 0 amide bonds. The van der Waals surface area contributed by atoms with Crippen molar-refractivity contribution in [3.05, 3.63) is 40.3 Å². The van der Waals surface area contributed by atoms with E-state index in [-0.39, 0.29) is 80.0 Å². The van der Waals surface area contributed by atoms with Gasteiger partial charge in [0.1, 0.15) is 10.8 Å². The summed E-state index contributed by atoms with van der Waals surface area (Å²) < 4.78 is 13.4. The van der Waals surface area contributed by atoms with Gasteiger partial charge in [-0.05, 0) is 12.1 Å². The third-order valence-electron chi connectivity index (χ3n) is 2.23. The molecule has 0 saturated carbocycles. The van der Waals surface area contributed by atoms with Crippen LogP contribution in [0.2, 0.25) is 10.0 Å². The van der Waals surface area contributed by atoms with Crippen molar-refractivity contribution in [2.45, 2.75) is 0 Å². The van der Waals surface area contributed by atoms with Gasteiger partial charge in [0.05, 0.1) is 16.4 Å². The number of nitrogens with zero attached hydrogens (tertiary/aromatic N) is 1. The van der Waals surface area contributed by atoms with Gasteiger partial charge in [0.15, 0.2) is 0 Å². The Kier molecular flexibility index (Phi) is 5.86. The van der Waals surface area contributed by atoms with Crippen LogP contribution in [0.25, 0.3) is 11.3 Å². The number of nitrogen functional groups attached to an aromatic ring is 1. The molecule has 1 aromatic carbocycles. The van der Waals surface area contributed by atoms with Crippen molar-refractivity contribution in [2.75, 3.05) is 5.73 Å². The SMILES string of the molecule is Nc1c(Cl)c(F)nc(-c2ccccc2O)c1Cl.[H-].[K+]. The van der Waals surface area contributed by atoms with Crippen LogP contribution in [0.4, 0.5) is 10.1 Å². The van der Waals surface area contributed by atoms with Gasteiger partial charge in [-0.3, -0.25) is 0 Å². The van der Waals surface area contributed by atoms with E-state index >= 15 is 0 Å². The van der Waals surface area contributed by atoms with E-state index in [1.165, 1.54) is 6.07 Å². The molecule has 2 rings (SSSR count). The average Bonchev–Trinajstić information content (AvgIpc) is 2.32. The summed E-state index contributed by atoms with van der Waals surface area (Å²) in [7, 11) is 0. The molecule has 0 fully saturated rings. The van der Waals surface area contributed by atoms with Crippen LogP contribution in [-0.4, -0.2) is 10.1 Å². The molecule has 0 aliphatic rings. The minimum atomic E-state index is -0.924. The smallest absolute Gasteiger partial charge is 1.00 e. The number of benzene rings is 1. The monoisotopic (exact) mass is 312 g/mol. The molecule has 3 nitrogen and oxygen atoms in total. The number of para-hydroxylation sites is 1. The average molecular weight is 313 g/mol. The summed E-state index contributed by atoms with van der Waals surface area (Å²) in [6.07, 6.45) is 0. The molecule has 0 bridgehead atoms. The maximum atomic E-state index is 13.4. The molecule has 1 aromatic heterocycles. The van der Waals surface area contributed by atoms with Crippen LogP contribution in [0.15, 0.2) is 24.3 Å². The number of aromatic nitrogens is 1. The molecule has 0 spiro atoms. The van der Waals surface area contributed by atoms with E-state index in [0.29, 0.717) is 5.56 Å². The maximum Gasteiger partial charge on any atom is 1.00 e. The first-order chi connectivity index (χ1) is 8.02. The van der Waals surface area contributed by atoms with Crippen LogP contribution in [0, 0.1) is 5.95 Å². The minimum absolute atomic E-state index is 0. The van der Waals surface area contributed by atoms with Gasteiger partial charge in [0.2, 0.25) is 5.95 Å². The van der Waals surface area contributed by atoms with Crippen LogP contribution < -0.4 is 57.1 Å². The van der Waals surface area contributed by atoms with Crippen LogP contribution in [-0.2, 0) is 0 Å². The normalized spacial score (nSPS) is 9.94. The number of hydrogen-bond acceptors (Lipinski definition) is 3. The maximum absolute atomic E-state index is 13.4. The van der Waals surface area contributed by atoms with Crippen LogP contribution in [0.5, 0.6) is 5.75 Å². The Hall–Kier alpha value is 0.116. The molecule has 0 saturated heterocycles. The summed E-state index contributed by atoms with van der Waals surface area (Å²) in [5.41, 5.74) is 5.80. The summed E-state index contributed by atoms with van der Waals surface area (Å²) in [6.45, 7) is 0. The summed E-state index contributed by atoms with van der Waals surface area (Å²) in [5, 5.41) is 9.33. The van der Waals surface area contributed by atoms with E-state index in [1.807, 2.05) is 0 Å². The number of halogens is 3. The Morgan fingerprint density at radius 1 is 1.22 bits per heavy atom. The number of rotatable bonds is 1.